The van der Waals surface area contributed by atoms with E-state index < -0.39 is 0 Å². The predicted molar refractivity (Wildman–Crippen MR) is 109 cm³/mol. The average Bonchev–Trinajstić information content (AvgIpc) is 3.29. The molecule has 140 valence electrons. The van der Waals surface area contributed by atoms with Crippen LogP contribution >= 0.6 is 0 Å². The van der Waals surface area contributed by atoms with Crippen LogP contribution in [0.4, 0.5) is 0 Å². The van der Waals surface area contributed by atoms with Gasteiger partial charge in [-0.2, -0.15) is 5.10 Å². The van der Waals surface area contributed by atoms with E-state index in [4.69, 9.17) is 14.5 Å². The van der Waals surface area contributed by atoms with Crippen LogP contribution in [-0.2, 0) is 11.0 Å². The lowest BCUT2D eigenvalue weighted by atomic mass is 9.87. The van der Waals surface area contributed by atoms with E-state index in [-0.39, 0.29) is 11.0 Å². The number of hydrogen-bond donors (Lipinski definition) is 1. The maximum atomic E-state index is 5.63. The molecule has 27 heavy (non-hydrogen) atoms. The number of rotatable bonds is 2. The van der Waals surface area contributed by atoms with Gasteiger partial charge in [-0.25, -0.2) is 4.98 Å². The first-order chi connectivity index (χ1) is 12.6. The Morgan fingerprint density at radius 1 is 1.00 bits per heavy atom. The summed E-state index contributed by atoms with van der Waals surface area (Å²) in [6.07, 6.45) is 1.68. The summed E-state index contributed by atoms with van der Waals surface area (Å²) in [4.78, 5) is 8.21. The largest absolute Gasteiger partial charge is 0.463 e. The van der Waals surface area contributed by atoms with Gasteiger partial charge in [-0.05, 0) is 62.1 Å². The van der Waals surface area contributed by atoms with E-state index in [9.17, 15) is 0 Å². The van der Waals surface area contributed by atoms with Crippen molar-refractivity contribution < 1.29 is 4.42 Å². The molecule has 0 bridgehead atoms. The highest BCUT2D eigenvalue weighted by Gasteiger charge is 2.24. The van der Waals surface area contributed by atoms with E-state index >= 15 is 0 Å². The first-order valence-electron chi connectivity index (χ1n) is 9.28. The van der Waals surface area contributed by atoms with Crippen molar-refractivity contribution >= 4 is 11.0 Å². The summed E-state index contributed by atoms with van der Waals surface area (Å²) in [7, 11) is 0. The number of hydrogen-bond acceptors (Lipinski definition) is 3. The fraction of sp³-hybridized carbons (Fsp3) is 0.364. The van der Waals surface area contributed by atoms with Gasteiger partial charge in [-0.1, -0.05) is 26.8 Å². The van der Waals surface area contributed by atoms with E-state index in [2.05, 4.69) is 64.7 Å². The molecule has 0 fully saturated rings. The summed E-state index contributed by atoms with van der Waals surface area (Å²) in [6.45, 7) is 13.0. The van der Waals surface area contributed by atoms with Crippen molar-refractivity contribution in [1.29, 1.82) is 0 Å². The summed E-state index contributed by atoms with van der Waals surface area (Å²) in [5.74, 6) is 1.57. The topological polar surface area (TPSA) is 59.6 Å². The Morgan fingerprint density at radius 3 is 2.41 bits per heavy atom. The molecule has 1 N–H and O–H groups in total. The van der Waals surface area contributed by atoms with Crippen LogP contribution in [-0.4, -0.2) is 19.7 Å². The first kappa shape index (κ1) is 17.6. The second-order valence-corrected chi connectivity index (χ2v) is 9.04. The quantitative estimate of drug-likeness (QED) is 0.495. The Labute approximate surface area is 159 Å². The molecule has 0 saturated carbocycles. The molecule has 5 heteroatoms. The molecule has 3 heterocycles. The minimum Gasteiger partial charge on any atom is -0.463 e. The lowest BCUT2D eigenvalue weighted by Crippen LogP contribution is -2.24. The standard InChI is InChI=1S/C22H26N4O/c1-21(2,3)14-9-10-15-16(12-14)24-20(23-15)17-13-18(19-8-7-11-27-19)26(25-17)22(4,5)6/h7-13H,1-6H3,(H,23,24). The lowest BCUT2D eigenvalue weighted by molar-refractivity contribution is 0.357. The Hall–Kier alpha value is -2.82. The molecule has 0 atom stereocenters. The molecule has 0 saturated heterocycles. The number of nitrogens with one attached hydrogen (secondary N) is 1. The van der Waals surface area contributed by atoms with E-state index in [1.807, 2.05) is 22.9 Å². The number of H-pyrrole nitrogens is 1. The Kier molecular flexibility index (Phi) is 3.81. The van der Waals surface area contributed by atoms with Gasteiger partial charge in [-0.15, -0.1) is 0 Å². The molecule has 1 aromatic carbocycles. The summed E-state index contributed by atoms with van der Waals surface area (Å²) in [5, 5.41) is 4.84. The van der Waals surface area contributed by atoms with Crippen molar-refractivity contribution in [3.63, 3.8) is 0 Å². The highest BCUT2D eigenvalue weighted by molar-refractivity contribution is 5.80. The van der Waals surface area contributed by atoms with Crippen LogP contribution < -0.4 is 0 Å². The predicted octanol–water partition coefficient (Wildman–Crippen LogP) is 5.74. The van der Waals surface area contributed by atoms with Crippen molar-refractivity contribution in [2.24, 2.45) is 0 Å². The third-order valence-electron chi connectivity index (χ3n) is 4.71. The fourth-order valence-electron chi connectivity index (χ4n) is 3.21. The maximum absolute atomic E-state index is 5.63. The third-order valence-corrected chi connectivity index (χ3v) is 4.71. The molecular weight excluding hydrogens is 336 g/mol. The molecule has 0 amide bonds. The van der Waals surface area contributed by atoms with Crippen molar-refractivity contribution in [2.45, 2.75) is 52.5 Å². The van der Waals surface area contributed by atoms with Crippen LogP contribution in [0.25, 0.3) is 34.0 Å². The van der Waals surface area contributed by atoms with Crippen LogP contribution in [0.3, 0.4) is 0 Å². The highest BCUT2D eigenvalue weighted by Crippen LogP contribution is 2.31. The molecule has 4 rings (SSSR count). The summed E-state index contributed by atoms with van der Waals surface area (Å²) in [6, 6.07) is 12.3. The number of imidazole rings is 1. The molecule has 0 aliphatic heterocycles. The highest BCUT2D eigenvalue weighted by atomic mass is 16.3. The summed E-state index contributed by atoms with van der Waals surface area (Å²) >= 11 is 0. The average molecular weight is 362 g/mol. The summed E-state index contributed by atoms with van der Waals surface area (Å²) < 4.78 is 7.62. The van der Waals surface area contributed by atoms with E-state index in [1.54, 1.807) is 6.26 Å². The van der Waals surface area contributed by atoms with Crippen LogP contribution in [0.1, 0.15) is 47.1 Å². The number of aromatic nitrogens is 4. The van der Waals surface area contributed by atoms with E-state index in [0.717, 1.165) is 34.0 Å². The zero-order valence-electron chi connectivity index (χ0n) is 16.8. The Balaban J connectivity index is 1.84. The van der Waals surface area contributed by atoms with Crippen molar-refractivity contribution in [1.82, 2.24) is 19.7 Å². The molecule has 0 radical (unpaired) electrons. The van der Waals surface area contributed by atoms with Gasteiger partial charge in [0.2, 0.25) is 0 Å². The van der Waals surface area contributed by atoms with Crippen molar-refractivity contribution in [3.8, 4) is 23.0 Å². The van der Waals surface area contributed by atoms with Crippen molar-refractivity contribution in [2.75, 3.05) is 0 Å². The van der Waals surface area contributed by atoms with Gasteiger partial charge in [0.05, 0.1) is 22.8 Å². The first-order valence-corrected chi connectivity index (χ1v) is 9.28. The van der Waals surface area contributed by atoms with Gasteiger partial charge in [0.25, 0.3) is 0 Å². The molecule has 5 nitrogen and oxygen atoms in total. The second kappa shape index (κ2) is 5.84. The second-order valence-electron chi connectivity index (χ2n) is 9.04. The molecule has 0 aliphatic rings. The molecule has 3 aromatic heterocycles. The zero-order valence-corrected chi connectivity index (χ0v) is 16.8. The van der Waals surface area contributed by atoms with Crippen LogP contribution in [0, 0.1) is 0 Å². The molecular formula is C22H26N4O. The SMILES string of the molecule is CC(C)(C)c1ccc2nc(-c3cc(-c4ccco4)n(C(C)(C)C)n3)[nH]c2c1. The van der Waals surface area contributed by atoms with Gasteiger partial charge >= 0.3 is 0 Å². The van der Waals surface area contributed by atoms with Gasteiger partial charge in [-0.3, -0.25) is 4.68 Å². The minimum absolute atomic E-state index is 0.0970. The monoisotopic (exact) mass is 362 g/mol. The smallest absolute Gasteiger partial charge is 0.159 e. The van der Waals surface area contributed by atoms with Crippen LogP contribution in [0.2, 0.25) is 0 Å². The number of nitrogens with zero attached hydrogens (tertiary/aromatic N) is 3. The zero-order chi connectivity index (χ0) is 19.4. The number of aromatic amines is 1. The summed E-state index contributed by atoms with van der Waals surface area (Å²) in [5.41, 5.74) is 4.93. The van der Waals surface area contributed by atoms with Crippen LogP contribution in [0.15, 0.2) is 47.1 Å². The molecule has 0 unspecified atom stereocenters. The van der Waals surface area contributed by atoms with E-state index in [0.29, 0.717) is 0 Å². The number of fused-ring (bicyclic) bond motifs is 1. The van der Waals surface area contributed by atoms with Gasteiger partial charge < -0.3 is 9.40 Å². The van der Waals surface area contributed by atoms with Crippen molar-refractivity contribution in [3.05, 3.63) is 48.2 Å². The van der Waals surface area contributed by atoms with Crippen LogP contribution in [0.5, 0.6) is 0 Å². The van der Waals surface area contributed by atoms with E-state index in [1.165, 1.54) is 5.56 Å². The minimum atomic E-state index is -0.175. The normalized spacial score (nSPS) is 12.8. The number of furan rings is 1. The van der Waals surface area contributed by atoms with Gasteiger partial charge in [0.15, 0.2) is 11.6 Å². The van der Waals surface area contributed by atoms with Gasteiger partial charge in [0, 0.05) is 0 Å². The fourth-order valence-corrected chi connectivity index (χ4v) is 3.21. The molecule has 4 aromatic rings. The Morgan fingerprint density at radius 2 is 1.78 bits per heavy atom. The number of benzene rings is 1. The third kappa shape index (κ3) is 3.18. The Bertz CT molecular complexity index is 1090. The lowest BCUT2D eigenvalue weighted by Gasteiger charge is -2.21. The maximum Gasteiger partial charge on any atom is 0.159 e. The molecule has 0 spiro atoms. The molecule has 0 aliphatic carbocycles. The van der Waals surface area contributed by atoms with Gasteiger partial charge in [0.1, 0.15) is 11.4 Å².